The Balaban J connectivity index is 1.78. The van der Waals surface area contributed by atoms with Crippen molar-refractivity contribution in [2.45, 2.75) is 24.7 Å². The van der Waals surface area contributed by atoms with Crippen LogP contribution in [0, 0.1) is 0 Å². The van der Waals surface area contributed by atoms with Crippen molar-refractivity contribution in [1.29, 1.82) is 0 Å². The number of rotatable bonds is 1. The van der Waals surface area contributed by atoms with E-state index in [4.69, 9.17) is 4.74 Å². The second kappa shape index (κ2) is 2.82. The average molecular weight is 175 g/mol. The molecule has 2 nitrogen and oxygen atoms in total. The van der Waals surface area contributed by atoms with E-state index in [2.05, 4.69) is 35.6 Å². The number of hydrogen-bond acceptors (Lipinski definition) is 2. The number of benzene rings is 1. The molecule has 1 aromatic carbocycles. The number of ether oxygens (including phenoxy) is 1. The summed E-state index contributed by atoms with van der Waals surface area (Å²) < 4.78 is 5.47. The molecule has 1 N–H and O–H groups in total. The van der Waals surface area contributed by atoms with Gasteiger partial charge in [0, 0.05) is 12.6 Å². The van der Waals surface area contributed by atoms with Gasteiger partial charge in [0.05, 0.1) is 12.2 Å². The Morgan fingerprint density at radius 3 is 2.77 bits per heavy atom. The Morgan fingerprint density at radius 1 is 1.15 bits per heavy atom. The zero-order valence-corrected chi connectivity index (χ0v) is 7.44. The smallest absolute Gasteiger partial charge is 0.0966 e. The number of nitrogens with one attached hydrogen (secondary N) is 1. The molecule has 3 atom stereocenters. The summed E-state index contributed by atoms with van der Waals surface area (Å²) in [5.41, 5.74) is 1.39. The van der Waals surface area contributed by atoms with Crippen LogP contribution in [-0.4, -0.2) is 18.8 Å². The first kappa shape index (κ1) is 7.54. The largest absolute Gasteiger partial charge is 0.368 e. The molecule has 0 aliphatic carbocycles. The van der Waals surface area contributed by atoms with Gasteiger partial charge in [0.2, 0.25) is 0 Å². The minimum Gasteiger partial charge on any atom is -0.368 e. The molecule has 2 saturated heterocycles. The molecule has 2 aliphatic heterocycles. The molecule has 2 heteroatoms. The first-order chi connectivity index (χ1) is 6.43. The van der Waals surface area contributed by atoms with Crippen LogP contribution in [0.1, 0.15) is 18.0 Å². The third-order valence-electron chi connectivity index (χ3n) is 2.92. The van der Waals surface area contributed by atoms with Crippen molar-refractivity contribution >= 4 is 0 Å². The van der Waals surface area contributed by atoms with Crippen LogP contribution in [0.5, 0.6) is 0 Å². The Hall–Kier alpha value is -0.860. The molecular formula is C11H13NO. The lowest BCUT2D eigenvalue weighted by Gasteiger charge is -2.20. The van der Waals surface area contributed by atoms with Crippen LogP contribution in [-0.2, 0) is 4.74 Å². The van der Waals surface area contributed by atoms with Crippen LogP contribution < -0.4 is 5.32 Å². The van der Waals surface area contributed by atoms with Gasteiger partial charge in [-0.05, 0) is 12.0 Å². The molecule has 0 amide bonds. The molecule has 0 unspecified atom stereocenters. The van der Waals surface area contributed by atoms with E-state index in [1.807, 2.05) is 0 Å². The Labute approximate surface area is 77.9 Å². The van der Waals surface area contributed by atoms with Crippen molar-refractivity contribution in [2.75, 3.05) is 6.54 Å². The number of piperidine rings is 1. The fourth-order valence-corrected chi connectivity index (χ4v) is 2.08. The molecule has 2 heterocycles. The van der Waals surface area contributed by atoms with Gasteiger partial charge in [-0.25, -0.2) is 0 Å². The van der Waals surface area contributed by atoms with Crippen molar-refractivity contribution in [3.8, 4) is 0 Å². The van der Waals surface area contributed by atoms with E-state index in [0.29, 0.717) is 18.2 Å². The van der Waals surface area contributed by atoms with Crippen molar-refractivity contribution < 1.29 is 4.74 Å². The number of hydrogen-bond donors (Lipinski definition) is 1. The number of fused-ring (bicyclic) bond motifs is 1. The van der Waals surface area contributed by atoms with Crippen LogP contribution in [0.15, 0.2) is 30.3 Å². The maximum atomic E-state index is 5.47. The van der Waals surface area contributed by atoms with Crippen molar-refractivity contribution in [2.24, 2.45) is 0 Å². The van der Waals surface area contributed by atoms with E-state index >= 15 is 0 Å². The molecule has 0 saturated carbocycles. The van der Waals surface area contributed by atoms with Crippen LogP contribution in [0.4, 0.5) is 0 Å². The highest BCUT2D eigenvalue weighted by atomic mass is 16.6. The Bertz CT molecular complexity index is 298. The molecule has 2 aliphatic rings. The van der Waals surface area contributed by atoms with Crippen LogP contribution in [0.3, 0.4) is 0 Å². The van der Waals surface area contributed by atoms with Crippen molar-refractivity contribution in [3.63, 3.8) is 0 Å². The summed E-state index contributed by atoms with van der Waals surface area (Å²) in [6, 6.07) is 11.1. The van der Waals surface area contributed by atoms with Crippen molar-refractivity contribution in [1.82, 2.24) is 5.32 Å². The lowest BCUT2D eigenvalue weighted by atomic mass is 9.98. The van der Waals surface area contributed by atoms with E-state index in [1.54, 1.807) is 0 Å². The maximum absolute atomic E-state index is 5.47. The van der Waals surface area contributed by atoms with Gasteiger partial charge in [-0.15, -0.1) is 0 Å². The topological polar surface area (TPSA) is 24.6 Å². The third kappa shape index (κ3) is 1.36. The molecule has 3 rings (SSSR count). The highest BCUT2D eigenvalue weighted by molar-refractivity contribution is 5.20. The lowest BCUT2D eigenvalue weighted by molar-refractivity contribution is 0.375. The first-order valence-electron chi connectivity index (χ1n) is 4.87. The van der Waals surface area contributed by atoms with Crippen LogP contribution >= 0.6 is 0 Å². The Morgan fingerprint density at radius 2 is 2.00 bits per heavy atom. The predicted molar refractivity (Wildman–Crippen MR) is 50.5 cm³/mol. The second-order valence-corrected chi connectivity index (χ2v) is 3.82. The van der Waals surface area contributed by atoms with Gasteiger partial charge in [-0.2, -0.15) is 0 Å². The fraction of sp³-hybridized carbons (Fsp3) is 0.455. The zero-order valence-electron chi connectivity index (χ0n) is 7.44. The number of epoxide rings is 1. The molecule has 68 valence electrons. The van der Waals surface area contributed by atoms with Gasteiger partial charge in [-0.3, -0.25) is 0 Å². The monoisotopic (exact) mass is 175 g/mol. The molecule has 13 heavy (non-hydrogen) atoms. The normalized spacial score (nSPS) is 36.8. The fourth-order valence-electron chi connectivity index (χ4n) is 2.08. The summed E-state index contributed by atoms with van der Waals surface area (Å²) in [6.07, 6.45) is 2.18. The van der Waals surface area contributed by atoms with Crippen molar-refractivity contribution in [3.05, 3.63) is 35.9 Å². The van der Waals surface area contributed by atoms with Crippen LogP contribution in [0.2, 0.25) is 0 Å². The molecule has 0 radical (unpaired) electrons. The van der Waals surface area contributed by atoms with Gasteiger partial charge < -0.3 is 10.1 Å². The Kier molecular flexibility index (Phi) is 1.64. The molecule has 0 aromatic heterocycles. The summed E-state index contributed by atoms with van der Waals surface area (Å²) in [5, 5.41) is 3.50. The first-order valence-corrected chi connectivity index (χ1v) is 4.87. The highest BCUT2D eigenvalue weighted by Gasteiger charge is 2.43. The summed E-state index contributed by atoms with van der Waals surface area (Å²) in [7, 11) is 0. The van der Waals surface area contributed by atoms with Gasteiger partial charge in [0.15, 0.2) is 0 Å². The SMILES string of the molecule is c1ccc([C@H]2C[C@H]3O[C@H]3CN2)cc1. The van der Waals surface area contributed by atoms with Crippen LogP contribution in [0.25, 0.3) is 0 Å². The van der Waals surface area contributed by atoms with Gasteiger partial charge >= 0.3 is 0 Å². The lowest BCUT2D eigenvalue weighted by Crippen LogP contribution is -2.32. The van der Waals surface area contributed by atoms with E-state index in [-0.39, 0.29) is 0 Å². The van der Waals surface area contributed by atoms with Gasteiger partial charge in [0.25, 0.3) is 0 Å². The summed E-state index contributed by atoms with van der Waals surface area (Å²) in [6.45, 7) is 1.02. The molecule has 0 bridgehead atoms. The minimum atomic E-state index is 0.505. The zero-order chi connectivity index (χ0) is 8.67. The third-order valence-corrected chi connectivity index (χ3v) is 2.92. The average Bonchev–Trinajstić information content (AvgIpc) is 2.96. The maximum Gasteiger partial charge on any atom is 0.0966 e. The van der Waals surface area contributed by atoms with E-state index in [0.717, 1.165) is 13.0 Å². The minimum absolute atomic E-state index is 0.505. The quantitative estimate of drug-likeness (QED) is 0.654. The summed E-state index contributed by atoms with van der Waals surface area (Å²) in [4.78, 5) is 0. The van der Waals surface area contributed by atoms with Gasteiger partial charge in [0.1, 0.15) is 0 Å². The predicted octanol–water partition coefficient (Wildman–Crippen LogP) is 1.49. The molecule has 1 aromatic rings. The molecule has 0 spiro atoms. The van der Waals surface area contributed by atoms with E-state index in [9.17, 15) is 0 Å². The standard InChI is InChI=1S/C11H13NO/c1-2-4-8(5-3-1)9-6-10-11(13-10)7-12-9/h1-5,9-12H,6-7H2/t9-,10-,11+/m1/s1. The highest BCUT2D eigenvalue weighted by Crippen LogP contribution is 2.35. The van der Waals surface area contributed by atoms with E-state index < -0.39 is 0 Å². The van der Waals surface area contributed by atoms with E-state index in [1.165, 1.54) is 5.56 Å². The summed E-state index contributed by atoms with van der Waals surface area (Å²) in [5.74, 6) is 0. The van der Waals surface area contributed by atoms with Gasteiger partial charge in [-0.1, -0.05) is 30.3 Å². The molecule has 2 fully saturated rings. The summed E-state index contributed by atoms with van der Waals surface area (Å²) >= 11 is 0. The molecular weight excluding hydrogens is 162 g/mol. The second-order valence-electron chi connectivity index (χ2n) is 3.82.